The first-order chi connectivity index (χ1) is 6.90. The van der Waals surface area contributed by atoms with E-state index in [0.29, 0.717) is 17.9 Å². The molecule has 0 unspecified atom stereocenters. The largest absolute Gasteiger partial charge is 0.428 e. The molecule has 0 saturated heterocycles. The monoisotopic (exact) mass is 185 g/mol. The lowest BCUT2D eigenvalue weighted by Crippen LogP contribution is -1.92. The van der Waals surface area contributed by atoms with Crippen LogP contribution in [0.3, 0.4) is 0 Å². The van der Waals surface area contributed by atoms with Gasteiger partial charge in [-0.05, 0) is 11.6 Å². The molecule has 0 aliphatic carbocycles. The molecule has 68 valence electrons. The lowest BCUT2D eigenvalue weighted by atomic mass is 10.1. The SMILES string of the molecule is N#Cc1ccccc1Cc1nnco1. The van der Waals surface area contributed by atoms with Gasteiger partial charge in [-0.3, -0.25) is 0 Å². The zero-order chi connectivity index (χ0) is 9.80. The van der Waals surface area contributed by atoms with Crippen LogP contribution in [0.4, 0.5) is 0 Å². The highest BCUT2D eigenvalue weighted by atomic mass is 16.4. The second-order valence-corrected chi connectivity index (χ2v) is 2.78. The van der Waals surface area contributed by atoms with Gasteiger partial charge in [0.25, 0.3) is 0 Å². The zero-order valence-corrected chi connectivity index (χ0v) is 7.34. The van der Waals surface area contributed by atoms with Gasteiger partial charge in [0.1, 0.15) is 0 Å². The molecular weight excluding hydrogens is 178 g/mol. The first-order valence-electron chi connectivity index (χ1n) is 4.13. The molecule has 0 radical (unpaired) electrons. The quantitative estimate of drug-likeness (QED) is 0.711. The highest BCUT2D eigenvalue weighted by molar-refractivity contribution is 5.38. The molecule has 14 heavy (non-hydrogen) atoms. The summed E-state index contributed by atoms with van der Waals surface area (Å²) in [6.07, 6.45) is 1.79. The predicted octanol–water partition coefficient (Wildman–Crippen LogP) is 1.53. The fourth-order valence-electron chi connectivity index (χ4n) is 1.22. The highest BCUT2D eigenvalue weighted by Gasteiger charge is 2.05. The van der Waals surface area contributed by atoms with Crippen LogP contribution in [0.15, 0.2) is 35.1 Å². The van der Waals surface area contributed by atoms with Gasteiger partial charge in [-0.2, -0.15) is 5.26 Å². The van der Waals surface area contributed by atoms with E-state index in [4.69, 9.17) is 9.68 Å². The topological polar surface area (TPSA) is 62.7 Å². The van der Waals surface area contributed by atoms with Crippen molar-refractivity contribution in [1.29, 1.82) is 5.26 Å². The highest BCUT2D eigenvalue weighted by Crippen LogP contribution is 2.11. The lowest BCUT2D eigenvalue weighted by Gasteiger charge is -1.98. The fraction of sp³-hybridized carbons (Fsp3) is 0.100. The summed E-state index contributed by atoms with van der Waals surface area (Å²) in [6.45, 7) is 0. The van der Waals surface area contributed by atoms with Crippen LogP contribution in [-0.2, 0) is 6.42 Å². The Balaban J connectivity index is 2.30. The third kappa shape index (κ3) is 1.62. The molecule has 0 atom stereocenters. The number of rotatable bonds is 2. The van der Waals surface area contributed by atoms with E-state index >= 15 is 0 Å². The predicted molar refractivity (Wildman–Crippen MR) is 48.3 cm³/mol. The van der Waals surface area contributed by atoms with Crippen molar-refractivity contribution >= 4 is 0 Å². The molecule has 4 nitrogen and oxygen atoms in total. The average Bonchev–Trinajstić information content (AvgIpc) is 2.71. The van der Waals surface area contributed by atoms with Crippen molar-refractivity contribution in [3.63, 3.8) is 0 Å². The van der Waals surface area contributed by atoms with Gasteiger partial charge in [-0.25, -0.2) is 0 Å². The summed E-state index contributed by atoms with van der Waals surface area (Å²) in [4.78, 5) is 0. The van der Waals surface area contributed by atoms with Gasteiger partial charge >= 0.3 is 0 Å². The smallest absolute Gasteiger partial charge is 0.220 e. The standard InChI is InChI=1S/C10H7N3O/c11-6-9-4-2-1-3-8(9)5-10-13-12-7-14-10/h1-4,7H,5H2. The van der Waals surface area contributed by atoms with Gasteiger partial charge in [0.05, 0.1) is 18.1 Å². The molecule has 0 N–H and O–H groups in total. The normalized spacial score (nSPS) is 9.64. The number of nitrogens with zero attached hydrogens (tertiary/aromatic N) is 3. The Kier molecular flexibility index (Phi) is 2.24. The Morgan fingerprint density at radius 2 is 2.21 bits per heavy atom. The summed E-state index contributed by atoms with van der Waals surface area (Å²) < 4.78 is 5.01. The maximum Gasteiger partial charge on any atom is 0.220 e. The van der Waals surface area contributed by atoms with Gasteiger partial charge in [0, 0.05) is 0 Å². The Labute approximate surface area is 80.8 Å². The Bertz CT molecular complexity index is 456. The van der Waals surface area contributed by atoms with Crippen molar-refractivity contribution in [3.05, 3.63) is 47.7 Å². The van der Waals surface area contributed by atoms with Crippen molar-refractivity contribution in [1.82, 2.24) is 10.2 Å². The molecule has 0 bridgehead atoms. The molecule has 0 spiro atoms. The van der Waals surface area contributed by atoms with E-state index in [1.807, 2.05) is 18.2 Å². The van der Waals surface area contributed by atoms with E-state index in [2.05, 4.69) is 16.3 Å². The molecule has 0 saturated carbocycles. The Morgan fingerprint density at radius 3 is 2.93 bits per heavy atom. The molecule has 1 heterocycles. The van der Waals surface area contributed by atoms with Crippen molar-refractivity contribution < 1.29 is 4.42 Å². The molecule has 0 fully saturated rings. The van der Waals surface area contributed by atoms with Crippen LogP contribution in [0, 0.1) is 11.3 Å². The minimum Gasteiger partial charge on any atom is -0.428 e. The van der Waals surface area contributed by atoms with Gasteiger partial charge in [0.2, 0.25) is 12.3 Å². The molecule has 0 aliphatic rings. The second-order valence-electron chi connectivity index (χ2n) is 2.78. The number of hydrogen-bond donors (Lipinski definition) is 0. The number of aromatic nitrogens is 2. The van der Waals surface area contributed by atoms with Crippen LogP contribution >= 0.6 is 0 Å². The van der Waals surface area contributed by atoms with Crippen LogP contribution in [0.25, 0.3) is 0 Å². The van der Waals surface area contributed by atoms with E-state index < -0.39 is 0 Å². The summed E-state index contributed by atoms with van der Waals surface area (Å²) in [7, 11) is 0. The van der Waals surface area contributed by atoms with Crippen LogP contribution in [0.1, 0.15) is 17.0 Å². The van der Waals surface area contributed by atoms with Gasteiger partial charge < -0.3 is 4.42 Å². The first kappa shape index (κ1) is 8.45. The van der Waals surface area contributed by atoms with Crippen LogP contribution < -0.4 is 0 Å². The fourth-order valence-corrected chi connectivity index (χ4v) is 1.22. The molecular formula is C10H7N3O. The van der Waals surface area contributed by atoms with E-state index in [9.17, 15) is 0 Å². The first-order valence-corrected chi connectivity index (χ1v) is 4.13. The zero-order valence-electron chi connectivity index (χ0n) is 7.34. The second kappa shape index (κ2) is 3.71. The van der Waals surface area contributed by atoms with Gasteiger partial charge in [0.15, 0.2) is 0 Å². The minimum absolute atomic E-state index is 0.504. The van der Waals surface area contributed by atoms with Crippen molar-refractivity contribution in [2.24, 2.45) is 0 Å². The van der Waals surface area contributed by atoms with Crippen molar-refractivity contribution in [2.45, 2.75) is 6.42 Å². The van der Waals surface area contributed by atoms with Crippen LogP contribution in [0.5, 0.6) is 0 Å². The Morgan fingerprint density at radius 1 is 1.36 bits per heavy atom. The summed E-state index contributed by atoms with van der Waals surface area (Å²) in [6, 6.07) is 9.48. The number of nitriles is 1. The summed E-state index contributed by atoms with van der Waals surface area (Å²) in [5, 5.41) is 16.2. The third-order valence-electron chi connectivity index (χ3n) is 1.88. The number of benzene rings is 1. The van der Waals surface area contributed by atoms with Crippen LogP contribution in [-0.4, -0.2) is 10.2 Å². The molecule has 4 heteroatoms. The van der Waals surface area contributed by atoms with Gasteiger partial charge in [-0.15, -0.1) is 10.2 Å². The van der Waals surface area contributed by atoms with Crippen molar-refractivity contribution in [3.8, 4) is 6.07 Å². The van der Waals surface area contributed by atoms with E-state index in [1.165, 1.54) is 6.39 Å². The van der Waals surface area contributed by atoms with E-state index in [1.54, 1.807) is 6.07 Å². The molecule has 0 amide bonds. The maximum absolute atomic E-state index is 8.83. The summed E-state index contributed by atoms with van der Waals surface area (Å²) >= 11 is 0. The third-order valence-corrected chi connectivity index (χ3v) is 1.88. The summed E-state index contributed by atoms with van der Waals surface area (Å²) in [5.41, 5.74) is 1.55. The Hall–Kier alpha value is -2.15. The molecule has 1 aromatic heterocycles. The maximum atomic E-state index is 8.83. The number of hydrogen-bond acceptors (Lipinski definition) is 4. The molecule has 2 rings (SSSR count). The van der Waals surface area contributed by atoms with E-state index in [0.717, 1.165) is 5.56 Å². The van der Waals surface area contributed by atoms with Gasteiger partial charge in [-0.1, -0.05) is 18.2 Å². The lowest BCUT2D eigenvalue weighted by molar-refractivity contribution is 0.504. The van der Waals surface area contributed by atoms with Crippen LogP contribution in [0.2, 0.25) is 0 Å². The van der Waals surface area contributed by atoms with Crippen molar-refractivity contribution in [2.75, 3.05) is 0 Å². The summed E-state index contributed by atoms with van der Waals surface area (Å²) in [5.74, 6) is 0.521. The molecule has 0 aliphatic heterocycles. The minimum atomic E-state index is 0.504. The molecule has 1 aromatic carbocycles. The van der Waals surface area contributed by atoms with E-state index in [-0.39, 0.29) is 0 Å². The average molecular weight is 185 g/mol. The molecule has 2 aromatic rings.